The molecule has 31 heavy (non-hydrogen) atoms. The van der Waals surface area contributed by atoms with Crippen LogP contribution in [-0.2, 0) is 19.0 Å². The molecule has 0 aromatic heterocycles. The molecule has 5 N–H and O–H groups in total. The van der Waals surface area contributed by atoms with Crippen molar-refractivity contribution in [1.82, 2.24) is 0 Å². The van der Waals surface area contributed by atoms with Crippen molar-refractivity contribution in [3.05, 3.63) is 0 Å². The van der Waals surface area contributed by atoms with E-state index in [1.807, 2.05) is 6.92 Å². The molecular formula is C22H34O9. The summed E-state index contributed by atoms with van der Waals surface area (Å²) in [5.74, 6) is 0.178. The fraction of sp³-hybridized carbons (Fsp3) is 0.955. The van der Waals surface area contributed by atoms with Gasteiger partial charge in [-0.25, -0.2) is 0 Å². The zero-order valence-electron chi connectivity index (χ0n) is 18.1. The standard InChI is InChI=1S/C22H34O9/c1-8(2)14-9-4-11(24)15(14)10-5-13(22(7-29-22)21(10,3)19(9)28)31-20-18(27)17(26)16(25)12(6-23)30-20/h8-10,12-20,23,25-28H,4-7H2,1-3H3/t9-,10+,12+,13-,14-,15+,16+,17-,18+,19-,20-,21+,22+/m0/s1. The van der Waals surface area contributed by atoms with E-state index in [1.54, 1.807) is 0 Å². The average Bonchev–Trinajstić information content (AvgIpc) is 3.43. The summed E-state index contributed by atoms with van der Waals surface area (Å²) < 4.78 is 17.6. The lowest BCUT2D eigenvalue weighted by molar-refractivity contribution is -0.315. The van der Waals surface area contributed by atoms with Gasteiger partial charge in [0.25, 0.3) is 0 Å². The summed E-state index contributed by atoms with van der Waals surface area (Å²) in [7, 11) is 0. The highest BCUT2D eigenvalue weighted by atomic mass is 16.7. The Morgan fingerprint density at radius 3 is 2.42 bits per heavy atom. The van der Waals surface area contributed by atoms with Crippen LogP contribution in [0.3, 0.4) is 0 Å². The Balaban J connectivity index is 1.44. The molecule has 5 rings (SSSR count). The smallest absolute Gasteiger partial charge is 0.187 e. The number of Topliss-reactive ketones (excluding diaryl/α,β-unsaturated/α-hetero) is 1. The second kappa shape index (κ2) is 7.17. The summed E-state index contributed by atoms with van der Waals surface area (Å²) in [5, 5.41) is 51.5. The molecule has 2 saturated heterocycles. The number of hydrogen-bond donors (Lipinski definition) is 5. The first-order chi connectivity index (χ1) is 14.6. The van der Waals surface area contributed by atoms with Gasteiger partial charge >= 0.3 is 0 Å². The van der Waals surface area contributed by atoms with Crippen LogP contribution in [0.25, 0.3) is 0 Å². The normalized spacial score (nSPS) is 58.2. The van der Waals surface area contributed by atoms with E-state index in [2.05, 4.69) is 13.8 Å². The Morgan fingerprint density at radius 1 is 1.16 bits per heavy atom. The van der Waals surface area contributed by atoms with Gasteiger partial charge in [0.1, 0.15) is 35.8 Å². The molecule has 0 aromatic rings. The molecule has 3 aliphatic carbocycles. The number of carbonyl (C=O) groups excluding carboxylic acids is 1. The van der Waals surface area contributed by atoms with Crippen molar-refractivity contribution in [2.45, 2.75) is 82.1 Å². The van der Waals surface area contributed by atoms with Gasteiger partial charge in [-0.2, -0.15) is 0 Å². The number of aliphatic hydroxyl groups excluding tert-OH is 5. The van der Waals surface area contributed by atoms with Crippen LogP contribution in [0.15, 0.2) is 0 Å². The summed E-state index contributed by atoms with van der Waals surface area (Å²) in [4.78, 5) is 13.0. The van der Waals surface area contributed by atoms with Crippen LogP contribution >= 0.6 is 0 Å². The van der Waals surface area contributed by atoms with Crippen LogP contribution < -0.4 is 0 Å². The van der Waals surface area contributed by atoms with E-state index in [-0.39, 0.29) is 35.4 Å². The number of fused-ring (bicyclic) bond motifs is 5. The number of epoxide rings is 1. The summed E-state index contributed by atoms with van der Waals surface area (Å²) in [6, 6.07) is 0. The summed E-state index contributed by atoms with van der Waals surface area (Å²) in [6.45, 7) is 6.02. The third kappa shape index (κ3) is 2.75. The van der Waals surface area contributed by atoms with Crippen molar-refractivity contribution >= 4 is 5.78 Å². The molecule has 0 unspecified atom stereocenters. The highest BCUT2D eigenvalue weighted by molar-refractivity contribution is 5.85. The lowest BCUT2D eigenvalue weighted by Gasteiger charge is -2.51. The average molecular weight is 443 g/mol. The Kier molecular flexibility index (Phi) is 5.13. The first-order valence-corrected chi connectivity index (χ1v) is 11.4. The quantitative estimate of drug-likeness (QED) is 0.339. The van der Waals surface area contributed by atoms with E-state index < -0.39 is 60.5 Å². The maximum absolute atomic E-state index is 13.0. The fourth-order valence-electron chi connectivity index (χ4n) is 7.55. The van der Waals surface area contributed by atoms with Crippen LogP contribution in [0, 0.1) is 35.0 Å². The molecule has 9 nitrogen and oxygen atoms in total. The van der Waals surface area contributed by atoms with E-state index in [4.69, 9.17) is 14.2 Å². The largest absolute Gasteiger partial charge is 0.394 e. The highest BCUT2D eigenvalue weighted by Gasteiger charge is 2.79. The third-order valence-corrected chi connectivity index (χ3v) is 9.21. The Labute approximate surface area is 181 Å². The van der Waals surface area contributed by atoms with Gasteiger partial charge in [0.15, 0.2) is 6.29 Å². The monoisotopic (exact) mass is 442 g/mol. The van der Waals surface area contributed by atoms with Crippen molar-refractivity contribution < 1.29 is 44.5 Å². The van der Waals surface area contributed by atoms with E-state index in [0.29, 0.717) is 19.4 Å². The molecular weight excluding hydrogens is 408 g/mol. The molecule has 5 aliphatic rings. The maximum Gasteiger partial charge on any atom is 0.187 e. The summed E-state index contributed by atoms with van der Waals surface area (Å²) >= 11 is 0. The topological polar surface area (TPSA) is 149 Å². The second-order valence-corrected chi connectivity index (χ2v) is 10.8. The molecule has 1 spiro atoms. The number of ketones is 1. The number of aliphatic hydroxyl groups is 5. The molecule has 2 bridgehead atoms. The van der Waals surface area contributed by atoms with Gasteiger partial charge < -0.3 is 39.7 Å². The predicted octanol–water partition coefficient (Wildman–Crippen LogP) is -1.18. The summed E-state index contributed by atoms with van der Waals surface area (Å²) in [6.07, 6.45) is -7.23. The minimum absolute atomic E-state index is 0.106. The first kappa shape index (κ1) is 22.2. The number of rotatable bonds is 4. The van der Waals surface area contributed by atoms with Crippen LogP contribution in [0.5, 0.6) is 0 Å². The van der Waals surface area contributed by atoms with E-state index in [0.717, 1.165) is 0 Å². The highest BCUT2D eigenvalue weighted by Crippen LogP contribution is 2.71. The molecule has 2 heterocycles. The van der Waals surface area contributed by atoms with Crippen molar-refractivity contribution in [3.8, 4) is 0 Å². The molecule has 5 fully saturated rings. The molecule has 2 aliphatic heterocycles. The molecule has 0 amide bonds. The minimum atomic E-state index is -1.53. The number of hydrogen-bond acceptors (Lipinski definition) is 9. The van der Waals surface area contributed by atoms with Gasteiger partial charge in [0, 0.05) is 17.8 Å². The van der Waals surface area contributed by atoms with Gasteiger partial charge in [-0.1, -0.05) is 20.8 Å². The third-order valence-electron chi connectivity index (χ3n) is 9.21. The molecule has 176 valence electrons. The zero-order valence-corrected chi connectivity index (χ0v) is 18.1. The van der Waals surface area contributed by atoms with Gasteiger partial charge in [-0.15, -0.1) is 0 Å². The Bertz CT molecular complexity index is 736. The summed E-state index contributed by atoms with van der Waals surface area (Å²) in [5.41, 5.74) is -1.46. The molecule has 13 atom stereocenters. The van der Waals surface area contributed by atoms with Crippen molar-refractivity contribution in [2.24, 2.45) is 35.0 Å². The Hall–Kier alpha value is -0.650. The van der Waals surface area contributed by atoms with Gasteiger partial charge in [0.05, 0.1) is 25.4 Å². The number of ether oxygens (including phenoxy) is 3. The Morgan fingerprint density at radius 2 is 1.84 bits per heavy atom. The zero-order chi connectivity index (χ0) is 22.5. The van der Waals surface area contributed by atoms with E-state index in [1.165, 1.54) is 0 Å². The molecule has 9 heteroatoms. The molecule has 0 radical (unpaired) electrons. The SMILES string of the molecule is CC(C)[C@H]1[C@@H]2CC(=O)[C@H]1[C@H]1C[C@H](O[C@@H]3O[C@H](CO)[C@@H](O)[C@H](O)[C@H]3O)[C@]3(CO3)[C@@]1(C)[C@H]2O. The maximum atomic E-state index is 13.0. The van der Waals surface area contributed by atoms with Crippen molar-refractivity contribution in [2.75, 3.05) is 13.2 Å². The minimum Gasteiger partial charge on any atom is -0.394 e. The molecule has 0 aromatic carbocycles. The fourth-order valence-corrected chi connectivity index (χ4v) is 7.55. The van der Waals surface area contributed by atoms with Crippen LogP contribution in [0.2, 0.25) is 0 Å². The molecule has 3 saturated carbocycles. The van der Waals surface area contributed by atoms with Gasteiger partial charge in [-0.3, -0.25) is 4.79 Å². The van der Waals surface area contributed by atoms with Crippen molar-refractivity contribution in [3.63, 3.8) is 0 Å². The second-order valence-electron chi connectivity index (χ2n) is 10.8. The van der Waals surface area contributed by atoms with Crippen LogP contribution in [-0.4, -0.2) is 93.0 Å². The van der Waals surface area contributed by atoms with Gasteiger partial charge in [0.2, 0.25) is 0 Å². The predicted molar refractivity (Wildman–Crippen MR) is 104 cm³/mol. The van der Waals surface area contributed by atoms with Crippen LogP contribution in [0.1, 0.15) is 33.6 Å². The number of carbonyl (C=O) groups is 1. The van der Waals surface area contributed by atoms with Crippen LogP contribution in [0.4, 0.5) is 0 Å². The lowest BCUT2D eigenvalue weighted by atomic mass is 9.54. The first-order valence-electron chi connectivity index (χ1n) is 11.4. The van der Waals surface area contributed by atoms with Gasteiger partial charge in [-0.05, 0) is 30.1 Å². The lowest BCUT2D eigenvalue weighted by Crippen LogP contribution is -2.61. The van der Waals surface area contributed by atoms with Crippen molar-refractivity contribution in [1.29, 1.82) is 0 Å². The van der Waals surface area contributed by atoms with E-state index in [9.17, 15) is 30.3 Å². The van der Waals surface area contributed by atoms with E-state index >= 15 is 0 Å².